The van der Waals surface area contributed by atoms with Gasteiger partial charge in [0.25, 0.3) is 0 Å². The van der Waals surface area contributed by atoms with Crippen LogP contribution in [0.2, 0.25) is 0 Å². The molecule has 4 unspecified atom stereocenters. The lowest BCUT2D eigenvalue weighted by Crippen LogP contribution is -2.33. The standard InChI is InChI=1S/C52H40N4/c1-2-8-34(9-3-1)46-28-25-39-19-20-40-26-29-47(56-52(40)51(39)55-46)36-16-14-35(15-17-36)45-27-23-37-18-22-43(32-49(37)53-45)48-30-24-38-11-6-12-44(50(38)54-48)42-21-13-33-7-4-5-10-41(33)31-42/h1-32,45-47,50,53-56H. The van der Waals surface area contributed by atoms with E-state index in [1.807, 2.05) is 0 Å². The van der Waals surface area contributed by atoms with Gasteiger partial charge in [-0.3, -0.25) is 0 Å². The number of nitrogens with one attached hydrogen (secondary N) is 4. The summed E-state index contributed by atoms with van der Waals surface area (Å²) in [6.45, 7) is 0. The van der Waals surface area contributed by atoms with Crippen molar-refractivity contribution in [2.24, 2.45) is 0 Å². The Labute approximate surface area is 327 Å². The molecule has 0 spiro atoms. The molecule has 0 amide bonds. The number of benzene rings is 6. The van der Waals surface area contributed by atoms with Gasteiger partial charge < -0.3 is 21.3 Å². The monoisotopic (exact) mass is 720 g/mol. The summed E-state index contributed by atoms with van der Waals surface area (Å²) in [6, 6.07) is 46.6. The van der Waals surface area contributed by atoms with Crippen molar-refractivity contribution in [2.75, 3.05) is 16.0 Å². The SMILES string of the molecule is C1=CC2=CC=C(c3ccc4c(c3)NC(c3ccc(C5C=Cc6ccc7c(c6N5)NC(c5ccccc5)C=C7)cc3)C=C4)NC2C(c2ccc3ccccc3c2)=C1. The average molecular weight is 721 g/mol. The van der Waals surface area contributed by atoms with E-state index >= 15 is 0 Å². The Bertz CT molecular complexity index is 2760. The first-order valence-electron chi connectivity index (χ1n) is 19.6. The predicted molar refractivity (Wildman–Crippen MR) is 236 cm³/mol. The van der Waals surface area contributed by atoms with E-state index in [2.05, 4.69) is 215 Å². The second kappa shape index (κ2) is 13.4. The fourth-order valence-electron chi connectivity index (χ4n) is 8.74. The third-order valence-electron chi connectivity index (χ3n) is 11.8. The van der Waals surface area contributed by atoms with Crippen LogP contribution in [-0.2, 0) is 0 Å². The molecule has 56 heavy (non-hydrogen) atoms. The molecule has 0 radical (unpaired) electrons. The largest absolute Gasteiger partial charge is 0.374 e. The van der Waals surface area contributed by atoms with Crippen LogP contribution in [0.3, 0.4) is 0 Å². The van der Waals surface area contributed by atoms with Crippen molar-refractivity contribution < 1.29 is 0 Å². The lowest BCUT2D eigenvalue weighted by atomic mass is 9.85. The number of rotatable bonds is 5. The molecule has 4 heteroatoms. The van der Waals surface area contributed by atoms with E-state index in [1.54, 1.807) is 0 Å². The quantitative estimate of drug-likeness (QED) is 0.143. The lowest BCUT2D eigenvalue weighted by molar-refractivity contribution is 0.830. The lowest BCUT2D eigenvalue weighted by Gasteiger charge is -2.31. The van der Waals surface area contributed by atoms with E-state index in [1.165, 1.54) is 66.4 Å². The minimum atomic E-state index is 0.0750. The van der Waals surface area contributed by atoms with Gasteiger partial charge in [0.15, 0.2) is 0 Å². The van der Waals surface area contributed by atoms with Crippen LogP contribution < -0.4 is 21.3 Å². The van der Waals surface area contributed by atoms with Gasteiger partial charge in [0.2, 0.25) is 0 Å². The Hall–Kier alpha value is -7.04. The van der Waals surface area contributed by atoms with Crippen LogP contribution in [-0.4, -0.2) is 6.04 Å². The number of fused-ring (bicyclic) bond motifs is 6. The summed E-state index contributed by atoms with van der Waals surface area (Å²) >= 11 is 0. The van der Waals surface area contributed by atoms with Crippen molar-refractivity contribution in [1.82, 2.24) is 5.32 Å². The van der Waals surface area contributed by atoms with Gasteiger partial charge in [-0.1, -0.05) is 176 Å². The molecule has 11 rings (SSSR count). The Morgan fingerprint density at radius 2 is 1.02 bits per heavy atom. The zero-order chi connectivity index (χ0) is 37.0. The number of hydrogen-bond acceptors (Lipinski definition) is 4. The molecule has 4 heterocycles. The van der Waals surface area contributed by atoms with Gasteiger partial charge in [-0.2, -0.15) is 0 Å². The highest BCUT2D eigenvalue weighted by Crippen LogP contribution is 2.43. The third kappa shape index (κ3) is 5.78. The van der Waals surface area contributed by atoms with Gasteiger partial charge in [0, 0.05) is 11.4 Å². The minimum absolute atomic E-state index is 0.0750. The van der Waals surface area contributed by atoms with Crippen molar-refractivity contribution in [3.8, 4) is 0 Å². The summed E-state index contributed by atoms with van der Waals surface area (Å²) in [5, 5.41) is 17.9. The van der Waals surface area contributed by atoms with E-state index in [0.29, 0.717) is 0 Å². The molecule has 4 atom stereocenters. The second-order valence-corrected chi connectivity index (χ2v) is 15.2. The Balaban J connectivity index is 0.799. The normalized spacial score (nSPS) is 21.1. The van der Waals surface area contributed by atoms with Gasteiger partial charge in [-0.05, 0) is 84.6 Å². The fourth-order valence-corrected chi connectivity index (χ4v) is 8.74. The highest BCUT2D eigenvalue weighted by molar-refractivity contribution is 5.91. The molecule has 4 aliphatic heterocycles. The molecule has 4 nitrogen and oxygen atoms in total. The van der Waals surface area contributed by atoms with Crippen LogP contribution in [0.1, 0.15) is 62.6 Å². The highest BCUT2D eigenvalue weighted by atomic mass is 15.0. The molecule has 0 fully saturated rings. The predicted octanol–water partition coefficient (Wildman–Crippen LogP) is 12.3. The molecular weight excluding hydrogens is 681 g/mol. The van der Waals surface area contributed by atoms with Gasteiger partial charge in [-0.25, -0.2) is 0 Å². The summed E-state index contributed by atoms with van der Waals surface area (Å²) < 4.78 is 0. The van der Waals surface area contributed by atoms with E-state index in [0.717, 1.165) is 22.8 Å². The molecule has 268 valence electrons. The molecule has 6 aromatic carbocycles. The molecule has 0 aromatic heterocycles. The molecule has 6 aromatic rings. The van der Waals surface area contributed by atoms with Gasteiger partial charge >= 0.3 is 0 Å². The zero-order valence-corrected chi connectivity index (χ0v) is 30.8. The van der Waals surface area contributed by atoms with Crippen LogP contribution in [0, 0.1) is 0 Å². The summed E-state index contributed by atoms with van der Waals surface area (Å²) in [5.74, 6) is 0. The minimum Gasteiger partial charge on any atom is -0.374 e. The summed E-state index contributed by atoms with van der Waals surface area (Å²) in [5.41, 5.74) is 16.9. The molecule has 0 saturated heterocycles. The Kier molecular flexibility index (Phi) is 7.73. The van der Waals surface area contributed by atoms with Gasteiger partial charge in [0.1, 0.15) is 0 Å². The van der Waals surface area contributed by atoms with E-state index in [4.69, 9.17) is 0 Å². The second-order valence-electron chi connectivity index (χ2n) is 15.2. The van der Waals surface area contributed by atoms with Crippen LogP contribution in [0.25, 0.3) is 40.3 Å². The maximum absolute atomic E-state index is 3.90. The van der Waals surface area contributed by atoms with Crippen molar-refractivity contribution >= 4 is 57.3 Å². The Morgan fingerprint density at radius 3 is 1.75 bits per heavy atom. The molecule has 1 aliphatic carbocycles. The summed E-state index contributed by atoms with van der Waals surface area (Å²) in [4.78, 5) is 0. The number of allylic oxidation sites excluding steroid dienone is 4. The number of hydrogen-bond donors (Lipinski definition) is 4. The summed E-state index contributed by atoms with van der Waals surface area (Å²) in [7, 11) is 0. The van der Waals surface area contributed by atoms with E-state index < -0.39 is 0 Å². The van der Waals surface area contributed by atoms with Crippen molar-refractivity contribution in [1.29, 1.82) is 0 Å². The van der Waals surface area contributed by atoms with Crippen molar-refractivity contribution in [2.45, 2.75) is 24.2 Å². The number of dihydropyridines is 1. The van der Waals surface area contributed by atoms with Crippen LogP contribution >= 0.6 is 0 Å². The van der Waals surface area contributed by atoms with Crippen LogP contribution in [0.15, 0.2) is 182 Å². The van der Waals surface area contributed by atoms with Crippen LogP contribution in [0.5, 0.6) is 0 Å². The van der Waals surface area contributed by atoms with Gasteiger partial charge in [-0.15, -0.1) is 0 Å². The summed E-state index contributed by atoms with van der Waals surface area (Å²) in [6.07, 6.45) is 24.6. The maximum atomic E-state index is 3.90. The first-order chi connectivity index (χ1) is 27.7. The topological polar surface area (TPSA) is 48.1 Å². The third-order valence-corrected chi connectivity index (χ3v) is 11.8. The van der Waals surface area contributed by atoms with Crippen molar-refractivity contribution in [3.05, 3.63) is 226 Å². The molecular formula is C52H40N4. The molecule has 5 aliphatic rings. The fraction of sp³-hybridized carbons (Fsp3) is 0.0769. The average Bonchev–Trinajstić information content (AvgIpc) is 3.28. The van der Waals surface area contributed by atoms with E-state index in [-0.39, 0.29) is 24.2 Å². The smallest absolute Gasteiger partial charge is 0.0773 e. The molecule has 4 N–H and O–H groups in total. The first-order valence-corrected chi connectivity index (χ1v) is 19.6. The molecule has 0 saturated carbocycles. The van der Waals surface area contributed by atoms with Crippen LogP contribution in [0.4, 0.5) is 17.1 Å². The maximum Gasteiger partial charge on any atom is 0.0773 e. The van der Waals surface area contributed by atoms with Crippen molar-refractivity contribution in [3.63, 3.8) is 0 Å². The number of anilines is 3. The van der Waals surface area contributed by atoms with Gasteiger partial charge in [0.05, 0.1) is 35.5 Å². The van der Waals surface area contributed by atoms with E-state index in [9.17, 15) is 0 Å². The zero-order valence-electron chi connectivity index (χ0n) is 30.8. The Morgan fingerprint density at radius 1 is 0.411 bits per heavy atom. The highest BCUT2D eigenvalue weighted by Gasteiger charge is 2.26. The first kappa shape index (κ1) is 32.4. The molecule has 0 bridgehead atoms.